The third-order valence-electron chi connectivity index (χ3n) is 2.72. The summed E-state index contributed by atoms with van der Waals surface area (Å²) in [6.45, 7) is 0.584. The average molecular weight is 277 g/mol. The molecule has 0 fully saturated rings. The second kappa shape index (κ2) is 6.78. The first-order chi connectivity index (χ1) is 9.74. The van der Waals surface area contributed by atoms with E-state index in [1.54, 1.807) is 7.11 Å². The second-order valence-corrected chi connectivity index (χ2v) is 4.06. The summed E-state index contributed by atoms with van der Waals surface area (Å²) < 4.78 is 18.8. The molecule has 0 saturated carbocycles. The van der Waals surface area contributed by atoms with Crippen molar-refractivity contribution in [2.24, 2.45) is 5.84 Å². The van der Waals surface area contributed by atoms with Gasteiger partial charge in [0.05, 0.1) is 12.8 Å². The van der Waals surface area contributed by atoms with E-state index in [-0.39, 0.29) is 11.8 Å². The Balaban J connectivity index is 2.25. The summed E-state index contributed by atoms with van der Waals surface area (Å²) in [5, 5.41) is 2.95. The van der Waals surface area contributed by atoms with E-state index in [9.17, 15) is 4.39 Å². The number of nitrogens with one attached hydrogen (secondary N) is 2. The maximum atomic E-state index is 13.7. The van der Waals surface area contributed by atoms with E-state index in [1.165, 1.54) is 0 Å². The smallest absolute Gasteiger partial charge is 0.239 e. The van der Waals surface area contributed by atoms with Gasteiger partial charge in [-0.1, -0.05) is 18.2 Å². The molecule has 2 aromatic rings. The molecule has 0 aliphatic carbocycles. The summed E-state index contributed by atoms with van der Waals surface area (Å²) in [6.07, 6.45) is 1.77. The number of benzene rings is 1. The van der Waals surface area contributed by atoms with Crippen LogP contribution in [0.1, 0.15) is 5.56 Å². The van der Waals surface area contributed by atoms with Crippen molar-refractivity contribution in [3.05, 3.63) is 41.8 Å². The lowest BCUT2D eigenvalue weighted by Crippen LogP contribution is -2.12. The number of hydrogen-bond acceptors (Lipinski definition) is 6. The average Bonchev–Trinajstić information content (AvgIpc) is 2.48. The van der Waals surface area contributed by atoms with Gasteiger partial charge in [-0.25, -0.2) is 15.2 Å². The van der Waals surface area contributed by atoms with Crippen LogP contribution in [0.5, 0.6) is 0 Å². The van der Waals surface area contributed by atoms with Gasteiger partial charge in [0.25, 0.3) is 0 Å². The molecule has 0 bridgehead atoms. The Bertz CT molecular complexity index is 578. The predicted octanol–water partition coefficient (Wildman–Crippen LogP) is 1.83. The molecule has 1 aromatic carbocycles. The third-order valence-corrected chi connectivity index (χ3v) is 2.72. The van der Waals surface area contributed by atoms with Crippen molar-refractivity contribution in [3.8, 4) is 0 Å². The first-order valence-electron chi connectivity index (χ1n) is 6.07. The highest BCUT2D eigenvalue weighted by Crippen LogP contribution is 2.22. The van der Waals surface area contributed by atoms with E-state index in [0.29, 0.717) is 13.0 Å². The summed E-state index contributed by atoms with van der Waals surface area (Å²) in [6, 6.07) is 7.57. The van der Waals surface area contributed by atoms with Gasteiger partial charge < -0.3 is 10.1 Å². The molecule has 0 aliphatic heterocycles. The zero-order valence-corrected chi connectivity index (χ0v) is 11.1. The lowest BCUT2D eigenvalue weighted by Gasteiger charge is -2.12. The first-order valence-corrected chi connectivity index (χ1v) is 6.07. The molecule has 6 nitrogen and oxygen atoms in total. The highest BCUT2D eigenvalue weighted by molar-refractivity contribution is 5.61. The zero-order valence-electron chi connectivity index (χ0n) is 11.1. The van der Waals surface area contributed by atoms with Crippen LogP contribution in [0.3, 0.4) is 0 Å². The summed E-state index contributed by atoms with van der Waals surface area (Å²) in [7, 11) is 1.64. The molecule has 7 heteroatoms. The minimum Gasteiger partial charge on any atom is -0.384 e. The van der Waals surface area contributed by atoms with Crippen LogP contribution in [0.15, 0.2) is 30.5 Å². The number of hydrazine groups is 1. The lowest BCUT2D eigenvalue weighted by atomic mass is 10.1. The standard InChI is InChI=1S/C13H16FN5O/c1-20-7-6-9-4-2-3-5-11(9)17-12-10(14)8-16-13(18-12)19-15/h2-5,8H,6-7,15H2,1H3,(H2,16,17,18,19). The molecule has 1 heterocycles. The fourth-order valence-corrected chi connectivity index (χ4v) is 1.72. The second-order valence-electron chi connectivity index (χ2n) is 4.06. The summed E-state index contributed by atoms with van der Waals surface area (Å²) in [5.74, 6) is 4.87. The molecule has 1 aromatic heterocycles. The minimum atomic E-state index is -0.550. The maximum Gasteiger partial charge on any atom is 0.239 e. The summed E-state index contributed by atoms with van der Waals surface area (Å²) in [5.41, 5.74) is 4.06. The van der Waals surface area contributed by atoms with Crippen LogP contribution >= 0.6 is 0 Å². The zero-order chi connectivity index (χ0) is 14.4. The molecule has 0 radical (unpaired) electrons. The Morgan fingerprint density at radius 3 is 2.90 bits per heavy atom. The SMILES string of the molecule is COCCc1ccccc1Nc1nc(NN)ncc1F. The Morgan fingerprint density at radius 1 is 1.35 bits per heavy atom. The molecule has 4 N–H and O–H groups in total. The van der Waals surface area contributed by atoms with E-state index in [0.717, 1.165) is 17.4 Å². The maximum absolute atomic E-state index is 13.7. The number of methoxy groups -OCH3 is 1. The molecule has 106 valence electrons. The van der Waals surface area contributed by atoms with E-state index >= 15 is 0 Å². The fourth-order valence-electron chi connectivity index (χ4n) is 1.72. The molecular weight excluding hydrogens is 261 g/mol. The number of aromatic nitrogens is 2. The largest absolute Gasteiger partial charge is 0.384 e. The first kappa shape index (κ1) is 14.2. The van der Waals surface area contributed by atoms with Gasteiger partial charge in [-0.05, 0) is 18.1 Å². The van der Waals surface area contributed by atoms with Crippen LogP contribution in [0.25, 0.3) is 0 Å². The molecule has 20 heavy (non-hydrogen) atoms. The van der Waals surface area contributed by atoms with Gasteiger partial charge in [0.1, 0.15) is 0 Å². The fraction of sp³-hybridized carbons (Fsp3) is 0.231. The Kier molecular flexibility index (Phi) is 4.80. The number of para-hydroxylation sites is 1. The van der Waals surface area contributed by atoms with Gasteiger partial charge in [0, 0.05) is 12.8 Å². The van der Waals surface area contributed by atoms with E-state index in [2.05, 4.69) is 20.7 Å². The van der Waals surface area contributed by atoms with Crippen LogP contribution in [-0.2, 0) is 11.2 Å². The number of halogens is 1. The number of hydrogen-bond donors (Lipinski definition) is 3. The highest BCUT2D eigenvalue weighted by Gasteiger charge is 2.09. The van der Waals surface area contributed by atoms with Crippen LogP contribution in [-0.4, -0.2) is 23.7 Å². The van der Waals surface area contributed by atoms with Crippen LogP contribution in [0, 0.1) is 5.82 Å². The van der Waals surface area contributed by atoms with Crippen molar-refractivity contribution in [2.75, 3.05) is 24.5 Å². The summed E-state index contributed by atoms with van der Waals surface area (Å²) in [4.78, 5) is 7.63. The minimum absolute atomic E-state index is 0.0674. The number of rotatable bonds is 6. The topological polar surface area (TPSA) is 85.1 Å². The van der Waals surface area contributed by atoms with Gasteiger partial charge in [-0.15, -0.1) is 0 Å². The number of nitrogens with two attached hydrogens (primary N) is 1. The molecule has 0 atom stereocenters. The van der Waals surface area contributed by atoms with Gasteiger partial charge in [0.15, 0.2) is 11.6 Å². The van der Waals surface area contributed by atoms with Crippen molar-refractivity contribution in [3.63, 3.8) is 0 Å². The Hall–Kier alpha value is -2.25. The van der Waals surface area contributed by atoms with E-state index in [4.69, 9.17) is 10.6 Å². The quantitative estimate of drug-likeness (QED) is 0.552. The van der Waals surface area contributed by atoms with Crippen LogP contribution in [0.2, 0.25) is 0 Å². The van der Waals surface area contributed by atoms with Gasteiger partial charge in [-0.3, -0.25) is 5.43 Å². The molecule has 0 saturated heterocycles. The molecule has 2 rings (SSSR count). The molecule has 0 spiro atoms. The van der Waals surface area contributed by atoms with Crippen molar-refractivity contribution in [2.45, 2.75) is 6.42 Å². The van der Waals surface area contributed by atoms with Crippen molar-refractivity contribution < 1.29 is 9.13 Å². The summed E-state index contributed by atoms with van der Waals surface area (Å²) >= 11 is 0. The monoisotopic (exact) mass is 277 g/mol. The molecule has 0 aliphatic rings. The number of nitrogens with zero attached hydrogens (tertiary/aromatic N) is 2. The van der Waals surface area contributed by atoms with Crippen LogP contribution in [0.4, 0.5) is 21.8 Å². The van der Waals surface area contributed by atoms with Gasteiger partial charge in [-0.2, -0.15) is 4.98 Å². The highest BCUT2D eigenvalue weighted by atomic mass is 19.1. The van der Waals surface area contributed by atoms with Crippen molar-refractivity contribution in [1.29, 1.82) is 0 Å². The van der Waals surface area contributed by atoms with Gasteiger partial charge >= 0.3 is 0 Å². The number of ether oxygens (including phenoxy) is 1. The number of nitrogen functional groups attached to an aromatic ring is 1. The van der Waals surface area contributed by atoms with Crippen LogP contribution < -0.4 is 16.6 Å². The molecule has 0 unspecified atom stereocenters. The number of anilines is 3. The Labute approximate surface area is 116 Å². The molecular formula is C13H16FN5O. The Morgan fingerprint density at radius 2 is 2.15 bits per heavy atom. The van der Waals surface area contributed by atoms with E-state index in [1.807, 2.05) is 24.3 Å². The van der Waals surface area contributed by atoms with Crippen molar-refractivity contribution in [1.82, 2.24) is 9.97 Å². The predicted molar refractivity (Wildman–Crippen MR) is 75.1 cm³/mol. The lowest BCUT2D eigenvalue weighted by molar-refractivity contribution is 0.202. The third kappa shape index (κ3) is 3.40. The van der Waals surface area contributed by atoms with Gasteiger partial charge in [0.2, 0.25) is 5.95 Å². The normalized spacial score (nSPS) is 10.3. The van der Waals surface area contributed by atoms with Crippen molar-refractivity contribution >= 4 is 17.5 Å². The molecule has 0 amide bonds. The van der Waals surface area contributed by atoms with E-state index < -0.39 is 5.82 Å².